The van der Waals surface area contributed by atoms with Crippen LogP contribution in [0.1, 0.15) is 29.8 Å². The molecule has 1 unspecified atom stereocenters. The lowest BCUT2D eigenvalue weighted by atomic mass is 9.99. The normalized spacial score (nSPS) is 12.6. The smallest absolute Gasteiger partial charge is 0.191 e. The van der Waals surface area contributed by atoms with Crippen LogP contribution in [0.2, 0.25) is 0 Å². The van der Waals surface area contributed by atoms with E-state index in [0.717, 1.165) is 5.56 Å². The van der Waals surface area contributed by atoms with Gasteiger partial charge in [0.15, 0.2) is 5.78 Å². The van der Waals surface area contributed by atoms with Gasteiger partial charge in [0.2, 0.25) is 0 Å². The van der Waals surface area contributed by atoms with Crippen LogP contribution in [0.5, 0.6) is 0 Å². The second-order valence-electron chi connectivity index (χ2n) is 3.56. The average molecular weight is 232 g/mol. The van der Waals surface area contributed by atoms with Gasteiger partial charge in [-0.25, -0.2) is 4.39 Å². The monoisotopic (exact) mass is 232 g/mol. The van der Waals surface area contributed by atoms with Gasteiger partial charge in [-0.15, -0.1) is 0 Å². The minimum absolute atomic E-state index is 0. The lowest BCUT2D eigenvalue weighted by Gasteiger charge is -2.11. The van der Waals surface area contributed by atoms with Crippen LogP contribution in [-0.4, -0.2) is 11.9 Å². The maximum absolute atomic E-state index is 13.3. The van der Waals surface area contributed by atoms with E-state index in [1.165, 1.54) is 6.07 Å². The molecular formula is C11H16FO2P. The summed E-state index contributed by atoms with van der Waals surface area (Å²) >= 11 is 0. The molecule has 0 aliphatic carbocycles. The van der Waals surface area contributed by atoms with Crippen molar-refractivity contribution in [1.29, 1.82) is 0 Å². The second kappa shape index (κ2) is 4.82. The molecule has 1 aromatic rings. The molecule has 15 heavy (non-hydrogen) atoms. The predicted octanol–water partition coefficient (Wildman–Crippen LogP) is 3.07. The van der Waals surface area contributed by atoms with E-state index in [9.17, 15) is 9.18 Å². The summed E-state index contributed by atoms with van der Waals surface area (Å²) in [4.78, 5) is 11.8. The van der Waals surface area contributed by atoms with E-state index in [-0.39, 0.29) is 13.0 Å². The number of ketones is 1. The van der Waals surface area contributed by atoms with Crippen molar-refractivity contribution < 1.29 is 15.1 Å². The fourth-order valence-corrected chi connectivity index (χ4v) is 1.50. The Balaban J connectivity index is 0.00000225. The molecule has 1 rings (SSSR count). The van der Waals surface area contributed by atoms with Gasteiger partial charge in [0.1, 0.15) is 11.9 Å². The molecule has 0 fully saturated rings. The number of Topliss-reactive ketones (excluding diaryl/α,β-unsaturated/α-hetero) is 1. The molecule has 0 spiro atoms. The number of hydrogen-bond acceptors (Lipinski definition) is 2. The topological polar surface area (TPSA) is 26.3 Å². The molecule has 0 aromatic heterocycles. The third kappa shape index (κ3) is 2.61. The molecule has 0 aliphatic heterocycles. The van der Waals surface area contributed by atoms with Gasteiger partial charge in [0, 0.05) is 16.5 Å². The number of aryl methyl sites for hydroxylation is 2. The first kappa shape index (κ1) is 12.3. The molecule has 84 valence electrons. The summed E-state index contributed by atoms with van der Waals surface area (Å²) in [6.07, 6.45) is -0.573. The Morgan fingerprint density at radius 2 is 2.07 bits per heavy atom. The lowest BCUT2D eigenvalue weighted by molar-refractivity contribution is 0.0843. The zero-order chi connectivity index (χ0) is 11.6. The van der Waals surface area contributed by atoms with Crippen molar-refractivity contribution in [1.82, 2.24) is 0 Å². The number of carbonyl (C=O) groups is 1. The summed E-state index contributed by atoms with van der Waals surface area (Å²) in [5.74, 6) is -0.568. The first-order valence-corrected chi connectivity index (χ1v) is 5.11. The lowest BCUT2D eigenvalue weighted by Crippen LogP contribution is -2.18. The molecule has 1 aromatic carbocycles. The first-order valence-electron chi connectivity index (χ1n) is 4.64. The molecule has 0 aliphatic rings. The Bertz CT molecular complexity index is 396. The van der Waals surface area contributed by atoms with Crippen LogP contribution in [0.3, 0.4) is 0 Å². The number of hydrogen-bond donors (Lipinski definition) is 0. The Labute approximate surface area is 92.6 Å². The summed E-state index contributed by atoms with van der Waals surface area (Å²) in [7, 11) is 2.04. The summed E-state index contributed by atoms with van der Waals surface area (Å²) < 4.78 is 18.1. The summed E-state index contributed by atoms with van der Waals surface area (Å²) in [6, 6.07) is 2.94. The van der Waals surface area contributed by atoms with Crippen LogP contribution in [0, 0.1) is 19.7 Å². The standard InChI is InChI=1S/C11H14FO2P.H2/c1-6-4-7(2)10(12)5-9(6)11(13)8(3)14-15;/h4-5,8H,15H2,1-3H3;1H/t8-;/m1./s1/i;1+2. The van der Waals surface area contributed by atoms with E-state index in [0.29, 0.717) is 11.1 Å². The highest BCUT2D eigenvalue weighted by Crippen LogP contribution is 2.17. The van der Waals surface area contributed by atoms with E-state index in [1.807, 2.05) is 9.47 Å². The van der Waals surface area contributed by atoms with Crippen molar-refractivity contribution in [3.63, 3.8) is 0 Å². The molecule has 0 bridgehead atoms. The molecule has 0 radical (unpaired) electrons. The fraction of sp³-hybridized carbons (Fsp3) is 0.364. The summed E-state index contributed by atoms with van der Waals surface area (Å²) in [5.41, 5.74) is 1.70. The number of rotatable bonds is 3. The van der Waals surface area contributed by atoms with Gasteiger partial charge in [-0.05, 0) is 38.0 Å². The maximum Gasteiger partial charge on any atom is 0.191 e. The summed E-state index contributed by atoms with van der Waals surface area (Å²) in [5, 5.41) is 0. The molecular weight excluding hydrogens is 214 g/mol. The number of benzene rings is 1. The van der Waals surface area contributed by atoms with E-state index >= 15 is 0 Å². The van der Waals surface area contributed by atoms with Crippen molar-refractivity contribution in [2.45, 2.75) is 26.9 Å². The van der Waals surface area contributed by atoms with E-state index < -0.39 is 6.10 Å². The van der Waals surface area contributed by atoms with Gasteiger partial charge in [-0.2, -0.15) is 0 Å². The average Bonchev–Trinajstić information content (AvgIpc) is 2.21. The number of carbonyl (C=O) groups excluding carboxylic acids is 1. The fourth-order valence-electron chi connectivity index (χ4n) is 1.37. The van der Waals surface area contributed by atoms with Gasteiger partial charge in [0.25, 0.3) is 0 Å². The molecule has 2 nitrogen and oxygen atoms in total. The van der Waals surface area contributed by atoms with Crippen LogP contribution in [0.25, 0.3) is 0 Å². The Hall–Kier alpha value is -0.790. The maximum atomic E-state index is 13.3. The highest BCUT2D eigenvalue weighted by atomic mass is 31.0. The first-order chi connectivity index (χ1) is 6.97. The van der Waals surface area contributed by atoms with Gasteiger partial charge in [-0.3, -0.25) is 4.79 Å². The molecule has 0 N–H and O–H groups in total. The minimum atomic E-state index is -0.573. The largest absolute Gasteiger partial charge is 0.355 e. The predicted molar refractivity (Wildman–Crippen MR) is 62.6 cm³/mol. The number of halogens is 1. The molecule has 2 atom stereocenters. The quantitative estimate of drug-likeness (QED) is 0.591. The highest BCUT2D eigenvalue weighted by molar-refractivity contribution is 7.09. The Morgan fingerprint density at radius 1 is 1.47 bits per heavy atom. The highest BCUT2D eigenvalue weighted by Gasteiger charge is 2.17. The van der Waals surface area contributed by atoms with E-state index in [4.69, 9.17) is 4.52 Å². The zero-order valence-corrected chi connectivity index (χ0v) is 10.2. The molecule has 4 heteroatoms. The third-order valence-electron chi connectivity index (χ3n) is 2.34. The zero-order valence-electron chi connectivity index (χ0n) is 9.00. The Kier molecular flexibility index (Phi) is 3.95. The minimum Gasteiger partial charge on any atom is -0.355 e. The van der Waals surface area contributed by atoms with Crippen LogP contribution in [0.15, 0.2) is 12.1 Å². The van der Waals surface area contributed by atoms with E-state index in [1.54, 1.807) is 26.8 Å². The van der Waals surface area contributed by atoms with Crippen molar-refractivity contribution in [3.05, 3.63) is 34.6 Å². The van der Waals surface area contributed by atoms with Crippen LogP contribution >= 0.6 is 9.47 Å². The van der Waals surface area contributed by atoms with Gasteiger partial charge >= 0.3 is 0 Å². The molecule has 0 heterocycles. The van der Waals surface area contributed by atoms with Crippen LogP contribution in [0.4, 0.5) is 4.39 Å². The van der Waals surface area contributed by atoms with Crippen molar-refractivity contribution in [2.24, 2.45) is 0 Å². The van der Waals surface area contributed by atoms with Crippen molar-refractivity contribution in [2.75, 3.05) is 0 Å². The van der Waals surface area contributed by atoms with Crippen LogP contribution < -0.4 is 0 Å². The van der Waals surface area contributed by atoms with Crippen molar-refractivity contribution >= 4 is 15.2 Å². The van der Waals surface area contributed by atoms with Crippen LogP contribution in [-0.2, 0) is 4.52 Å². The Morgan fingerprint density at radius 3 is 2.60 bits per heavy atom. The SMILES string of the molecule is Cc1cc(C)c(C(=O)[C@@H](C)OP)cc1F.[3HH]. The van der Waals surface area contributed by atoms with E-state index in [2.05, 4.69) is 0 Å². The second-order valence-corrected chi connectivity index (χ2v) is 3.83. The summed E-state index contributed by atoms with van der Waals surface area (Å²) in [6.45, 7) is 5.09. The van der Waals surface area contributed by atoms with Gasteiger partial charge in [-0.1, -0.05) is 6.07 Å². The molecule has 0 saturated carbocycles. The van der Waals surface area contributed by atoms with Gasteiger partial charge < -0.3 is 4.52 Å². The van der Waals surface area contributed by atoms with Gasteiger partial charge in [0.05, 0.1) is 0 Å². The molecule has 0 amide bonds. The third-order valence-corrected chi connectivity index (χ3v) is 2.75. The van der Waals surface area contributed by atoms with Crippen molar-refractivity contribution in [3.8, 4) is 0 Å². The molecule has 0 saturated heterocycles.